The summed E-state index contributed by atoms with van der Waals surface area (Å²) in [5.74, 6) is 1.13. The second-order valence-electron chi connectivity index (χ2n) is 20.6. The molecular weight excluding hydrogens is 1060 g/mol. The maximum absolute atomic E-state index is 9.24. The molecule has 72 heavy (non-hydrogen) atoms. The van der Waals surface area contributed by atoms with Gasteiger partial charge in [0, 0.05) is 61.0 Å². The summed E-state index contributed by atoms with van der Waals surface area (Å²) in [6, 6.07) is 43.3. The van der Waals surface area contributed by atoms with Crippen molar-refractivity contribution in [2.24, 2.45) is 0 Å². The molecule has 0 bridgehead atoms. The number of benzene rings is 8. The Balaban J connectivity index is 0.00000753. The van der Waals surface area contributed by atoms with E-state index in [4.69, 9.17) is 13.2 Å². The Hall–Kier alpha value is -7.00. The van der Waals surface area contributed by atoms with Gasteiger partial charge >= 0.3 is 0 Å². The summed E-state index contributed by atoms with van der Waals surface area (Å²) in [6.07, 6.45) is 1.88. The van der Waals surface area contributed by atoms with Crippen LogP contribution < -0.4 is 9.80 Å². The zero-order valence-corrected chi connectivity index (χ0v) is 44.2. The van der Waals surface area contributed by atoms with E-state index in [1.54, 1.807) is 18.2 Å². The van der Waals surface area contributed by atoms with Gasteiger partial charge in [-0.25, -0.2) is 4.98 Å². The molecule has 0 fully saturated rings. The van der Waals surface area contributed by atoms with Crippen LogP contribution in [0, 0.1) is 18.8 Å². The summed E-state index contributed by atoms with van der Waals surface area (Å²) in [5, 5.41) is 2.14. The molecule has 1 aliphatic rings. The number of rotatable bonds is 10. The maximum atomic E-state index is 9.24. The van der Waals surface area contributed by atoms with Gasteiger partial charge in [0.1, 0.15) is 5.82 Å². The molecule has 3 heterocycles. The van der Waals surface area contributed by atoms with E-state index in [0.717, 1.165) is 55.4 Å². The van der Waals surface area contributed by atoms with Crippen LogP contribution in [-0.4, -0.2) is 9.55 Å². The van der Waals surface area contributed by atoms with Crippen LogP contribution in [0.2, 0.25) is 0 Å². The van der Waals surface area contributed by atoms with Gasteiger partial charge in [-0.1, -0.05) is 195 Å². The van der Waals surface area contributed by atoms with E-state index < -0.39 is 65.8 Å². The molecule has 0 unspecified atom stereocenters. The minimum atomic E-state index is -0.744. The van der Waals surface area contributed by atoms with Gasteiger partial charge in [0.05, 0.1) is 13.7 Å². The Labute approximate surface area is 455 Å². The minimum Gasteiger partial charge on any atom is -0.493 e. The number of para-hydroxylation sites is 4. The summed E-state index contributed by atoms with van der Waals surface area (Å²) in [6.45, 7) is 21.7. The fraction of sp³-hybridized carbons (Fsp3) is 0.194. The topological polar surface area (TPSA) is 24.3 Å². The molecule has 0 aliphatic carbocycles. The third kappa shape index (κ3) is 8.58. The number of aromatic nitrogens is 2. The van der Waals surface area contributed by atoms with E-state index >= 15 is 0 Å². The van der Waals surface area contributed by atoms with E-state index in [0.29, 0.717) is 17.1 Å². The summed E-state index contributed by atoms with van der Waals surface area (Å²) in [7, 11) is 0. The smallest absolute Gasteiger partial charge is 0.135 e. The largest absolute Gasteiger partial charge is 0.493 e. The summed E-state index contributed by atoms with van der Waals surface area (Å²) >= 11 is 0. The summed E-state index contributed by atoms with van der Waals surface area (Å²) in [5.41, 5.74) is 10.9. The fourth-order valence-electron chi connectivity index (χ4n) is 10.2. The molecule has 8 aromatic carbocycles. The predicted molar refractivity (Wildman–Crippen MR) is 299 cm³/mol. The van der Waals surface area contributed by atoms with Crippen LogP contribution in [0.5, 0.6) is 0 Å². The first-order valence-corrected chi connectivity index (χ1v) is 24.4. The first-order valence-electron chi connectivity index (χ1n) is 29.4. The average Bonchev–Trinajstić information content (AvgIpc) is 2.48. The van der Waals surface area contributed by atoms with Gasteiger partial charge in [-0.05, 0) is 91.8 Å². The molecule has 10 aromatic rings. The molecule has 11 rings (SSSR count). The maximum Gasteiger partial charge on any atom is 0.135 e. The standard InChI is InChI=1S/C67H61N4.Pt/c1-44(2)53-27-20-28-54(45(3)4)64(53)48-38-51(67(8,9)50-34-35-58-57-26-16-17-31-59(57)71(62(58)41-50)63-42-49(36-37-68-63)66(5,6)7)40-52(39-48)69-43-70(61-33-19-18-32-60(61)69)65-55(46-22-12-10-13-23-46)29-21-30-56(65)47-24-14-11-15-25-47;/h10-39,42-45H,1-9H3;/q-3;/i10D,11D,12D,13D,14D,15D,22D,23D,24D,25D;. The van der Waals surface area contributed by atoms with Crippen molar-refractivity contribution in [3.63, 3.8) is 0 Å². The van der Waals surface area contributed by atoms with E-state index in [-0.39, 0.29) is 66.3 Å². The number of fused-ring (bicyclic) bond motifs is 4. The number of pyridine rings is 1. The zero-order chi connectivity index (χ0) is 57.9. The monoisotopic (exact) mass is 1130 g/mol. The Kier molecular flexibility index (Phi) is 10.1. The number of anilines is 4. The Morgan fingerprint density at radius 1 is 0.569 bits per heavy atom. The van der Waals surface area contributed by atoms with Gasteiger partial charge in [-0.15, -0.1) is 29.4 Å². The molecule has 362 valence electrons. The minimum absolute atomic E-state index is 0. The average molecular weight is 1130 g/mol. The second-order valence-corrected chi connectivity index (χ2v) is 20.6. The van der Waals surface area contributed by atoms with Crippen molar-refractivity contribution in [1.29, 1.82) is 0 Å². The van der Waals surface area contributed by atoms with Crippen LogP contribution in [0.1, 0.15) is 116 Å². The van der Waals surface area contributed by atoms with E-state index in [1.807, 2.05) is 46.9 Å². The van der Waals surface area contributed by atoms with Crippen LogP contribution in [0.4, 0.5) is 22.7 Å². The van der Waals surface area contributed by atoms with Gasteiger partial charge in [0.25, 0.3) is 0 Å². The molecule has 4 nitrogen and oxygen atoms in total. The molecule has 0 N–H and O–H groups in total. The van der Waals surface area contributed by atoms with Gasteiger partial charge in [-0.3, -0.25) is 0 Å². The first kappa shape index (κ1) is 37.7. The molecule has 2 aromatic heterocycles. The second kappa shape index (κ2) is 19.2. The molecule has 0 amide bonds. The number of nitrogens with zero attached hydrogens (tertiary/aromatic N) is 4. The van der Waals surface area contributed by atoms with Gasteiger partial charge in [0.15, 0.2) is 0 Å². The van der Waals surface area contributed by atoms with Crippen molar-refractivity contribution in [2.45, 2.75) is 85.0 Å². The molecule has 5 heteroatoms. The third-order valence-corrected chi connectivity index (χ3v) is 14.0. The molecule has 0 saturated carbocycles. The summed E-state index contributed by atoms with van der Waals surface area (Å²) in [4.78, 5) is 8.81. The van der Waals surface area contributed by atoms with Crippen LogP contribution >= 0.6 is 0 Å². The fourth-order valence-corrected chi connectivity index (χ4v) is 10.2. The third-order valence-electron chi connectivity index (χ3n) is 14.0. The van der Waals surface area contributed by atoms with Crippen molar-refractivity contribution in [1.82, 2.24) is 9.55 Å². The number of hydrogen-bond donors (Lipinski definition) is 0. The normalized spacial score (nSPS) is 14.8. The molecule has 0 spiro atoms. The van der Waals surface area contributed by atoms with Gasteiger partial charge in [-0.2, -0.15) is 41.5 Å². The van der Waals surface area contributed by atoms with E-state index in [2.05, 4.69) is 158 Å². The van der Waals surface area contributed by atoms with Crippen LogP contribution in [0.3, 0.4) is 0 Å². The number of hydrogen-bond acceptors (Lipinski definition) is 3. The molecular formula is C67H61N4Pt-3. The molecule has 1 aliphatic heterocycles. The Morgan fingerprint density at radius 3 is 1.79 bits per heavy atom. The van der Waals surface area contributed by atoms with Crippen molar-refractivity contribution in [3.05, 3.63) is 235 Å². The van der Waals surface area contributed by atoms with Crippen molar-refractivity contribution in [3.8, 4) is 39.2 Å². The zero-order valence-electron chi connectivity index (χ0n) is 52.0. The van der Waals surface area contributed by atoms with E-state index in [9.17, 15) is 5.48 Å². The van der Waals surface area contributed by atoms with Crippen LogP contribution in [-0.2, 0) is 31.9 Å². The SMILES string of the molecule is [2H]c1c([2H])c([2H])c(-c2cccc(-c3c([2H])c([2H])c([2H])c([2H])c3[2H])c2N2[CH-]N(c3[c-]c(C(C)(C)c4[c-]c5c(cc4)c4ccccc4n5-c4cc(C(C)(C)C)ccn4)cc(-c4c(C(C)C)cccc4C(C)C)c3)c3ccccc32)c([2H])c1[2H].[Pt]. The Morgan fingerprint density at radius 2 is 1.17 bits per heavy atom. The van der Waals surface area contributed by atoms with Gasteiger partial charge < -0.3 is 14.4 Å². The predicted octanol–water partition coefficient (Wildman–Crippen LogP) is 18.1. The van der Waals surface area contributed by atoms with Crippen LogP contribution in [0.15, 0.2) is 188 Å². The summed E-state index contributed by atoms with van der Waals surface area (Å²) < 4.78 is 91.2. The quantitative estimate of drug-likeness (QED) is 0.128. The van der Waals surface area contributed by atoms with Crippen molar-refractivity contribution < 1.29 is 34.8 Å². The first-order chi connectivity index (χ1) is 38.4. The van der Waals surface area contributed by atoms with Crippen molar-refractivity contribution in [2.75, 3.05) is 9.80 Å². The van der Waals surface area contributed by atoms with Crippen LogP contribution in [0.25, 0.3) is 61.0 Å². The molecule has 0 radical (unpaired) electrons. The van der Waals surface area contributed by atoms with Crippen molar-refractivity contribution >= 4 is 44.6 Å². The van der Waals surface area contributed by atoms with Gasteiger partial charge in [0.2, 0.25) is 0 Å². The molecule has 0 atom stereocenters. The van der Waals surface area contributed by atoms with E-state index in [1.165, 1.54) is 11.1 Å². The molecule has 0 saturated heterocycles. The Bertz CT molecular complexity index is 4050.